The van der Waals surface area contributed by atoms with Gasteiger partial charge in [-0.05, 0) is 106 Å². The highest BCUT2D eigenvalue weighted by Crippen LogP contribution is 2.37. The molecular formula is C61H91Br2ClN14O3S3. The standard InChI is InChI=1S/C17H24N6OS.C13H13NS.C11H9Br.C11H21N3O2.C6H13N3.C2H5NS.CH4.BrH.ClH/c1-3-4-11-9-12(23-7-5-22(6-8-23)10(2)18)21-17-13(11)14(19)15(25-17)16(20)24;1-10(14)15-9-11-6-7-12-4-2-3-5-13(12)8-11;12-8-9-5-6-10-3-1-2-4-11(10)7-9;1-9(12)13-5-7-14(8-6-13)10(15)16-11(2,3)4;1-6(7)9-4-2-8-3-5-9;1-2(3)4;;;/h9,18H,3-8,19H2,1-2H3,(H2,20,24);2-8,14H,9H2,1H3;1-7H,8H2;12H,5-8H2,1-4H3;7-8H,2-5H2,1H3;1H3,(H2,3,4);1H4;2*1H. The van der Waals surface area contributed by atoms with E-state index in [0.717, 1.165) is 97.9 Å². The summed E-state index contributed by atoms with van der Waals surface area (Å²) in [5, 5.41) is 40.8. The third-order valence-electron chi connectivity index (χ3n) is 12.8. The van der Waals surface area contributed by atoms with Gasteiger partial charge in [0.05, 0.1) is 33.2 Å². The zero-order valence-electron chi connectivity index (χ0n) is 49.5. The van der Waals surface area contributed by atoms with Gasteiger partial charge >= 0.3 is 6.09 Å². The molecule has 0 atom stereocenters. The summed E-state index contributed by atoms with van der Waals surface area (Å²) >= 11 is 10.6. The third kappa shape index (κ3) is 25.9. The number of primary amides is 1. The van der Waals surface area contributed by atoms with Gasteiger partial charge in [0.15, 0.2) is 0 Å². The summed E-state index contributed by atoms with van der Waals surface area (Å²) in [6.07, 6.45) is 1.61. The van der Waals surface area contributed by atoms with Gasteiger partial charge in [0, 0.05) is 95.0 Å². The van der Waals surface area contributed by atoms with Gasteiger partial charge in [-0.1, -0.05) is 134 Å². The average Bonchev–Trinajstić information content (AvgIpc) is 3.67. The fraction of sp³-hybridized carbons (Fsp3) is 0.443. The number of rotatable bonds is 7. The minimum Gasteiger partial charge on any atom is -0.444 e. The van der Waals surface area contributed by atoms with Crippen LogP contribution in [0.5, 0.6) is 0 Å². The number of nitrogen functional groups attached to an aromatic ring is 1. The second-order valence-electron chi connectivity index (χ2n) is 20.7. The number of thiocarbonyl (C=S) groups is 1. The van der Waals surface area contributed by atoms with Crippen molar-refractivity contribution < 1.29 is 14.3 Å². The molecule has 23 heteroatoms. The topological polar surface area (TPSA) is 258 Å². The van der Waals surface area contributed by atoms with Crippen molar-refractivity contribution in [3.8, 4) is 0 Å². The SMILES string of the molecule is Br.BrCc1ccc2ccccc2c1.C.CC(=N)N1CCN(C(=O)OC(C)(C)C)CC1.CC(=N)N1CCNCC1.CC(=N)SCc1ccc2ccccc2c1.CC(N)=S.CCCc1cc(N2CCN(C(C)=N)CC2)nc2sc(C(N)=O)c(N)c12.Cl. The van der Waals surface area contributed by atoms with E-state index in [1.54, 1.807) is 30.5 Å². The van der Waals surface area contributed by atoms with Gasteiger partial charge in [-0.15, -0.1) is 52.5 Å². The quantitative estimate of drug-likeness (QED) is 0.0321. The van der Waals surface area contributed by atoms with Crippen LogP contribution in [-0.2, 0) is 22.2 Å². The number of thiophene rings is 1. The lowest BCUT2D eigenvalue weighted by Gasteiger charge is -2.36. The molecule has 3 fully saturated rings. The lowest BCUT2D eigenvalue weighted by atomic mass is 10.1. The molecule has 0 aliphatic carbocycles. The summed E-state index contributed by atoms with van der Waals surface area (Å²) in [6, 6.07) is 31.9. The number of carbonyl (C=O) groups is 2. The Morgan fingerprint density at radius 1 is 0.714 bits per heavy atom. The Balaban J connectivity index is 0.000000530. The van der Waals surface area contributed by atoms with Crippen molar-refractivity contribution in [1.29, 1.82) is 21.6 Å². The number of aromatic nitrogens is 1. The first-order valence-corrected chi connectivity index (χ1v) is 30.5. The van der Waals surface area contributed by atoms with E-state index in [2.05, 4.69) is 146 Å². The van der Waals surface area contributed by atoms with Crippen molar-refractivity contribution >= 4 is 163 Å². The van der Waals surface area contributed by atoms with Crippen molar-refractivity contribution in [2.75, 3.05) is 89.2 Å². The van der Waals surface area contributed by atoms with E-state index in [1.165, 1.54) is 44.0 Å². The molecule has 0 bridgehead atoms. The van der Waals surface area contributed by atoms with Crippen LogP contribution in [0, 0.1) is 21.6 Å². The van der Waals surface area contributed by atoms with Gasteiger partial charge in [-0.25, -0.2) is 9.78 Å². The van der Waals surface area contributed by atoms with Gasteiger partial charge in [0.2, 0.25) is 0 Å². The normalized spacial score (nSPS) is 13.5. The second-order valence-corrected chi connectivity index (χ2v) is 24.0. The molecule has 0 saturated carbocycles. The zero-order chi connectivity index (χ0) is 59.8. The number of piperazine rings is 3. The largest absolute Gasteiger partial charge is 0.444 e. The van der Waals surface area contributed by atoms with Crippen molar-refractivity contribution in [1.82, 2.24) is 29.9 Å². The van der Waals surface area contributed by atoms with E-state index in [1.807, 2.05) is 46.4 Å². The number of fused-ring (bicyclic) bond motifs is 3. The van der Waals surface area contributed by atoms with Crippen LogP contribution in [0.4, 0.5) is 16.3 Å². The molecule has 2 aromatic heterocycles. The van der Waals surface area contributed by atoms with E-state index in [4.69, 9.17) is 48.6 Å². The Kier molecular flexibility index (Phi) is 35.0. The molecule has 17 nitrogen and oxygen atoms in total. The number of amides is 2. The summed E-state index contributed by atoms with van der Waals surface area (Å²) in [4.78, 5) is 39.8. The molecule has 462 valence electrons. The molecule has 0 spiro atoms. The minimum atomic E-state index is -0.500. The first-order chi connectivity index (χ1) is 38.4. The Hall–Kier alpha value is -5.62. The first-order valence-electron chi connectivity index (χ1n) is 27.2. The van der Waals surface area contributed by atoms with Gasteiger partial charge in [0.25, 0.3) is 5.91 Å². The van der Waals surface area contributed by atoms with Crippen molar-refractivity contribution in [3.05, 3.63) is 113 Å². The number of thioether (sulfide) groups is 1. The Bertz CT molecular complexity index is 3080. The van der Waals surface area contributed by atoms with Crippen molar-refractivity contribution in [3.63, 3.8) is 0 Å². The highest BCUT2D eigenvalue weighted by atomic mass is 79.9. The number of halogens is 3. The number of pyridine rings is 1. The third-order valence-corrected chi connectivity index (χ3v) is 15.5. The van der Waals surface area contributed by atoms with Crippen LogP contribution < -0.4 is 27.4 Å². The molecule has 3 aliphatic heterocycles. The molecule has 3 saturated heterocycles. The van der Waals surface area contributed by atoms with Crippen LogP contribution in [-0.4, -0.2) is 148 Å². The van der Waals surface area contributed by atoms with E-state index < -0.39 is 11.5 Å². The molecule has 84 heavy (non-hydrogen) atoms. The number of anilines is 2. The molecule has 11 N–H and O–H groups in total. The fourth-order valence-corrected chi connectivity index (χ4v) is 10.6. The summed E-state index contributed by atoms with van der Waals surface area (Å²) in [7, 11) is 0. The number of nitrogens with two attached hydrogens (primary N) is 3. The number of alkyl halides is 1. The van der Waals surface area contributed by atoms with E-state index in [-0.39, 0.29) is 42.9 Å². The minimum absolute atomic E-state index is 0. The van der Waals surface area contributed by atoms with Crippen LogP contribution in [0.15, 0.2) is 91.0 Å². The summed E-state index contributed by atoms with van der Waals surface area (Å²) < 4.78 is 5.29. The molecule has 5 heterocycles. The number of carbonyl (C=O) groups excluding carboxylic acids is 2. The summed E-state index contributed by atoms with van der Waals surface area (Å²) in [5.41, 5.74) is 20.2. The highest BCUT2D eigenvalue weighted by molar-refractivity contribution is 9.08. The lowest BCUT2D eigenvalue weighted by molar-refractivity contribution is 0.0186. The Morgan fingerprint density at radius 2 is 1.15 bits per heavy atom. The number of ether oxygens (including phenoxy) is 1. The predicted octanol–water partition coefficient (Wildman–Crippen LogP) is 13.2. The number of amidine groups is 3. The number of hydrogen-bond donors (Lipinski definition) is 8. The van der Waals surface area contributed by atoms with E-state index in [9.17, 15) is 9.59 Å². The lowest BCUT2D eigenvalue weighted by Crippen LogP contribution is -2.51. The smallest absolute Gasteiger partial charge is 0.410 e. The molecule has 3 aliphatic rings. The van der Waals surface area contributed by atoms with Crippen molar-refractivity contribution in [2.24, 2.45) is 11.5 Å². The number of hydrogen-bond acceptors (Lipinski definition) is 14. The van der Waals surface area contributed by atoms with Gasteiger partial charge < -0.3 is 51.8 Å². The fourth-order valence-electron chi connectivity index (χ4n) is 8.66. The molecule has 0 unspecified atom stereocenters. The highest BCUT2D eigenvalue weighted by Gasteiger charge is 2.26. The predicted molar refractivity (Wildman–Crippen MR) is 376 cm³/mol. The van der Waals surface area contributed by atoms with Gasteiger partial charge in [0.1, 0.15) is 21.1 Å². The average molecular weight is 1360 g/mol. The first kappa shape index (κ1) is 76.4. The molecular weight excluding hydrogens is 1270 g/mol. The molecule has 9 rings (SSSR count). The number of benzene rings is 4. The van der Waals surface area contributed by atoms with Crippen LogP contribution >= 0.6 is 80.6 Å². The molecule has 4 aromatic carbocycles. The maximum absolute atomic E-state index is 11.7. The Morgan fingerprint density at radius 3 is 1.58 bits per heavy atom. The van der Waals surface area contributed by atoms with Gasteiger partial charge in [-0.3, -0.25) is 26.4 Å². The van der Waals surface area contributed by atoms with E-state index in [0.29, 0.717) is 64.3 Å². The summed E-state index contributed by atoms with van der Waals surface area (Å²) in [6.45, 7) is 26.6. The monoisotopic (exact) mass is 1360 g/mol. The van der Waals surface area contributed by atoms with Crippen LogP contribution in [0.25, 0.3) is 31.8 Å². The second kappa shape index (κ2) is 38.4. The maximum Gasteiger partial charge on any atom is 0.410 e. The zero-order valence-corrected chi connectivity index (χ0v) is 56.1. The van der Waals surface area contributed by atoms with Crippen LogP contribution in [0.1, 0.15) is 103 Å². The maximum atomic E-state index is 11.7. The molecule has 6 aromatic rings. The van der Waals surface area contributed by atoms with Crippen molar-refractivity contribution in [2.45, 2.75) is 99.3 Å². The van der Waals surface area contributed by atoms with Gasteiger partial charge in [-0.2, -0.15) is 0 Å². The number of nitrogens with one attached hydrogen (secondary N) is 5. The number of nitrogens with zero attached hydrogens (tertiary/aromatic N) is 6. The van der Waals surface area contributed by atoms with E-state index >= 15 is 0 Å². The molecule has 0 radical (unpaired) electrons. The van der Waals surface area contributed by atoms with Crippen LogP contribution in [0.3, 0.4) is 0 Å². The Labute approximate surface area is 537 Å². The van der Waals surface area contributed by atoms with Crippen LogP contribution in [0.2, 0.25) is 0 Å². The number of aryl methyl sites for hydroxylation is 1. The summed E-state index contributed by atoms with van der Waals surface area (Å²) in [5.74, 6) is 3.16. The molecule has 2 amide bonds.